The van der Waals surface area contributed by atoms with E-state index in [1.807, 2.05) is 24.3 Å². The van der Waals surface area contributed by atoms with E-state index in [-0.39, 0.29) is 5.97 Å². The van der Waals surface area contributed by atoms with Crippen LogP contribution in [-0.2, 0) is 20.9 Å². The molecule has 0 unspecified atom stereocenters. The van der Waals surface area contributed by atoms with Crippen molar-refractivity contribution in [3.05, 3.63) is 41.5 Å². The van der Waals surface area contributed by atoms with Crippen molar-refractivity contribution in [1.29, 1.82) is 0 Å². The molecule has 0 amide bonds. The largest absolute Gasteiger partial charge is 0.463 e. The van der Waals surface area contributed by atoms with E-state index in [9.17, 15) is 4.79 Å². The van der Waals surface area contributed by atoms with Crippen LogP contribution in [0.2, 0.25) is 0 Å². The van der Waals surface area contributed by atoms with Gasteiger partial charge in [0.1, 0.15) is 0 Å². The van der Waals surface area contributed by atoms with Crippen molar-refractivity contribution in [2.75, 3.05) is 32.8 Å². The van der Waals surface area contributed by atoms with Gasteiger partial charge in [0, 0.05) is 12.6 Å². The summed E-state index contributed by atoms with van der Waals surface area (Å²) >= 11 is 0. The number of hydrogen-bond acceptors (Lipinski definition) is 4. The Balaban J connectivity index is 1.81. The molecule has 120 valence electrons. The fourth-order valence-corrected chi connectivity index (χ4v) is 2.56. The predicted molar refractivity (Wildman–Crippen MR) is 87.4 cm³/mol. The third-order valence-electron chi connectivity index (χ3n) is 3.75. The number of hydrogen-bond donors (Lipinski definition) is 0. The summed E-state index contributed by atoms with van der Waals surface area (Å²) in [5.74, 6) is -0.313. The third kappa shape index (κ3) is 5.62. The third-order valence-corrected chi connectivity index (χ3v) is 3.75. The summed E-state index contributed by atoms with van der Waals surface area (Å²) in [6.45, 7) is 6.90. The molecule has 0 spiro atoms. The highest BCUT2D eigenvalue weighted by Crippen LogP contribution is 2.13. The molecule has 1 heterocycles. The van der Waals surface area contributed by atoms with Crippen LogP contribution in [-0.4, -0.2) is 43.7 Å². The van der Waals surface area contributed by atoms with Crippen LogP contribution in [0, 0.1) is 0 Å². The summed E-state index contributed by atoms with van der Waals surface area (Å²) in [7, 11) is 0. The highest BCUT2D eigenvalue weighted by molar-refractivity contribution is 5.87. The SMILES string of the molecule is CCOC(=O)C=Cc1ccccc1COCCN1CCCC1. The van der Waals surface area contributed by atoms with E-state index >= 15 is 0 Å². The van der Waals surface area contributed by atoms with Gasteiger partial charge < -0.3 is 14.4 Å². The zero-order chi connectivity index (χ0) is 15.6. The predicted octanol–water partition coefficient (Wildman–Crippen LogP) is 2.88. The van der Waals surface area contributed by atoms with E-state index < -0.39 is 0 Å². The van der Waals surface area contributed by atoms with E-state index in [4.69, 9.17) is 9.47 Å². The van der Waals surface area contributed by atoms with Crippen LogP contribution < -0.4 is 0 Å². The van der Waals surface area contributed by atoms with Crippen molar-refractivity contribution < 1.29 is 14.3 Å². The molecule has 4 heteroatoms. The lowest BCUT2D eigenvalue weighted by atomic mass is 10.1. The normalized spacial score (nSPS) is 15.5. The second-order valence-corrected chi connectivity index (χ2v) is 5.39. The fourth-order valence-electron chi connectivity index (χ4n) is 2.56. The number of rotatable bonds is 8. The molecule has 22 heavy (non-hydrogen) atoms. The lowest BCUT2D eigenvalue weighted by Gasteiger charge is -2.14. The van der Waals surface area contributed by atoms with Crippen LogP contribution in [0.5, 0.6) is 0 Å². The number of carbonyl (C=O) groups excluding carboxylic acids is 1. The van der Waals surface area contributed by atoms with Gasteiger partial charge in [0.2, 0.25) is 0 Å². The van der Waals surface area contributed by atoms with E-state index in [2.05, 4.69) is 4.90 Å². The molecule has 0 radical (unpaired) electrons. The Kier molecular flexibility index (Phi) is 7.13. The van der Waals surface area contributed by atoms with Crippen molar-refractivity contribution in [1.82, 2.24) is 4.90 Å². The molecule has 0 N–H and O–H groups in total. The Morgan fingerprint density at radius 1 is 1.27 bits per heavy atom. The van der Waals surface area contributed by atoms with Gasteiger partial charge in [-0.05, 0) is 50.1 Å². The highest BCUT2D eigenvalue weighted by Gasteiger charge is 2.10. The number of ether oxygens (including phenoxy) is 2. The minimum absolute atomic E-state index is 0.313. The summed E-state index contributed by atoms with van der Waals surface area (Å²) in [6.07, 6.45) is 5.87. The van der Waals surface area contributed by atoms with E-state index in [1.54, 1.807) is 13.0 Å². The first-order chi connectivity index (χ1) is 10.8. The molecule has 1 saturated heterocycles. The molecule has 1 fully saturated rings. The Hall–Kier alpha value is -1.65. The summed E-state index contributed by atoms with van der Waals surface area (Å²) in [5, 5.41) is 0. The number of nitrogens with zero attached hydrogens (tertiary/aromatic N) is 1. The van der Waals surface area contributed by atoms with Gasteiger partial charge in [-0.3, -0.25) is 0 Å². The first kappa shape index (κ1) is 16.7. The van der Waals surface area contributed by atoms with E-state index in [0.29, 0.717) is 13.2 Å². The number of benzene rings is 1. The average Bonchev–Trinajstić information content (AvgIpc) is 3.04. The molecule has 1 aliphatic rings. The summed E-state index contributed by atoms with van der Waals surface area (Å²) < 4.78 is 10.7. The molecule has 0 atom stereocenters. The second kappa shape index (κ2) is 9.38. The molecule has 0 aromatic heterocycles. The molecular weight excluding hydrogens is 278 g/mol. The van der Waals surface area contributed by atoms with Gasteiger partial charge in [-0.1, -0.05) is 24.3 Å². The number of esters is 1. The Bertz CT molecular complexity index is 493. The fraction of sp³-hybridized carbons (Fsp3) is 0.500. The van der Waals surface area contributed by atoms with Crippen molar-refractivity contribution >= 4 is 12.0 Å². The highest BCUT2D eigenvalue weighted by atomic mass is 16.5. The second-order valence-electron chi connectivity index (χ2n) is 5.39. The molecular formula is C18H25NO3. The Morgan fingerprint density at radius 3 is 2.82 bits per heavy atom. The molecule has 1 aliphatic heterocycles. The standard InChI is InChI=1S/C18H25NO3/c1-2-22-18(20)10-9-16-7-3-4-8-17(16)15-21-14-13-19-11-5-6-12-19/h3-4,7-10H,2,5-6,11-15H2,1H3. The van der Waals surface area contributed by atoms with Crippen molar-refractivity contribution in [3.8, 4) is 0 Å². The maximum Gasteiger partial charge on any atom is 0.330 e. The minimum Gasteiger partial charge on any atom is -0.463 e. The quantitative estimate of drug-likeness (QED) is 0.420. The maximum atomic E-state index is 11.4. The monoisotopic (exact) mass is 303 g/mol. The Morgan fingerprint density at radius 2 is 2.05 bits per heavy atom. The van der Waals surface area contributed by atoms with Crippen LogP contribution in [0.4, 0.5) is 0 Å². The van der Waals surface area contributed by atoms with Gasteiger partial charge in [-0.2, -0.15) is 0 Å². The Labute approximate surface area is 132 Å². The number of likely N-dealkylation sites (tertiary alicyclic amines) is 1. The van der Waals surface area contributed by atoms with E-state index in [0.717, 1.165) is 24.3 Å². The lowest BCUT2D eigenvalue weighted by Crippen LogP contribution is -2.23. The first-order valence-corrected chi connectivity index (χ1v) is 8.02. The van der Waals surface area contributed by atoms with Gasteiger partial charge in [-0.15, -0.1) is 0 Å². The van der Waals surface area contributed by atoms with Crippen molar-refractivity contribution in [2.45, 2.75) is 26.4 Å². The van der Waals surface area contributed by atoms with Gasteiger partial charge in [0.25, 0.3) is 0 Å². The summed E-state index contributed by atoms with van der Waals surface area (Å²) in [4.78, 5) is 13.8. The first-order valence-electron chi connectivity index (χ1n) is 8.02. The molecule has 0 aliphatic carbocycles. The van der Waals surface area contributed by atoms with Gasteiger partial charge >= 0.3 is 5.97 Å². The molecule has 4 nitrogen and oxygen atoms in total. The maximum absolute atomic E-state index is 11.4. The van der Waals surface area contributed by atoms with Crippen molar-refractivity contribution in [3.63, 3.8) is 0 Å². The topological polar surface area (TPSA) is 38.8 Å². The van der Waals surface area contributed by atoms with E-state index in [1.165, 1.54) is 32.0 Å². The van der Waals surface area contributed by atoms with Gasteiger partial charge in [0.05, 0.1) is 19.8 Å². The van der Waals surface area contributed by atoms with Crippen LogP contribution in [0.1, 0.15) is 30.9 Å². The summed E-state index contributed by atoms with van der Waals surface area (Å²) in [6, 6.07) is 7.95. The average molecular weight is 303 g/mol. The molecule has 1 aromatic rings. The smallest absolute Gasteiger partial charge is 0.330 e. The molecule has 1 aromatic carbocycles. The minimum atomic E-state index is -0.313. The van der Waals surface area contributed by atoms with Gasteiger partial charge in [0.15, 0.2) is 0 Å². The van der Waals surface area contributed by atoms with Crippen molar-refractivity contribution in [2.24, 2.45) is 0 Å². The molecule has 0 bridgehead atoms. The number of carbonyl (C=O) groups is 1. The molecule has 0 saturated carbocycles. The van der Waals surface area contributed by atoms with Gasteiger partial charge in [-0.25, -0.2) is 4.79 Å². The van der Waals surface area contributed by atoms with Crippen LogP contribution in [0.25, 0.3) is 6.08 Å². The van der Waals surface area contributed by atoms with Crippen LogP contribution in [0.15, 0.2) is 30.3 Å². The van der Waals surface area contributed by atoms with Crippen LogP contribution >= 0.6 is 0 Å². The lowest BCUT2D eigenvalue weighted by molar-refractivity contribution is -0.137. The zero-order valence-electron chi connectivity index (χ0n) is 13.3. The zero-order valence-corrected chi connectivity index (χ0v) is 13.3. The molecule has 2 rings (SSSR count). The van der Waals surface area contributed by atoms with Crippen LogP contribution in [0.3, 0.4) is 0 Å². The summed E-state index contributed by atoms with van der Waals surface area (Å²) in [5.41, 5.74) is 2.08.